The van der Waals surface area contributed by atoms with E-state index >= 15 is 0 Å². The molecule has 0 aromatic carbocycles. The normalized spacial score (nSPS) is 19.0. The molecule has 0 amide bonds. The highest BCUT2D eigenvalue weighted by atomic mass is 16.7. The molecule has 400 valence electrons. The first-order chi connectivity index (χ1) is 32.9. The van der Waals surface area contributed by atoms with Crippen LogP contribution in [0, 0.1) is 0 Å². The second-order valence-electron chi connectivity index (χ2n) is 20.8. The molecule has 9 nitrogen and oxygen atoms in total. The van der Waals surface area contributed by atoms with E-state index < -0.39 is 43.4 Å². The molecule has 6 unspecified atom stereocenters. The van der Waals surface area contributed by atoms with E-state index in [2.05, 4.69) is 13.8 Å². The zero-order valence-corrected chi connectivity index (χ0v) is 44.4. The molecule has 1 aliphatic heterocycles. The van der Waals surface area contributed by atoms with Gasteiger partial charge in [0.2, 0.25) is 0 Å². The lowest BCUT2D eigenvalue weighted by molar-refractivity contribution is -0.305. The van der Waals surface area contributed by atoms with Crippen LogP contribution >= 0.6 is 0 Å². The summed E-state index contributed by atoms with van der Waals surface area (Å²) in [4.78, 5) is 12.9. The number of aliphatic hydroxyl groups excluding tert-OH is 4. The number of rotatable bonds is 53. The van der Waals surface area contributed by atoms with Crippen LogP contribution in [0.1, 0.15) is 303 Å². The molecule has 0 aromatic heterocycles. The van der Waals surface area contributed by atoms with Crippen molar-refractivity contribution in [2.75, 3.05) is 26.4 Å². The van der Waals surface area contributed by atoms with E-state index in [4.69, 9.17) is 18.9 Å². The van der Waals surface area contributed by atoms with Crippen LogP contribution in [0.15, 0.2) is 0 Å². The number of esters is 1. The highest BCUT2D eigenvalue weighted by Gasteiger charge is 2.44. The molecule has 0 radical (unpaired) electrons. The molecule has 0 aliphatic carbocycles. The number of unbranched alkanes of at least 4 members (excludes halogenated alkanes) is 42. The minimum Gasteiger partial charge on any atom is -0.457 e. The molecule has 9 heteroatoms. The van der Waals surface area contributed by atoms with E-state index in [-0.39, 0.29) is 19.2 Å². The third-order valence-electron chi connectivity index (χ3n) is 14.3. The fourth-order valence-corrected chi connectivity index (χ4v) is 9.67. The van der Waals surface area contributed by atoms with Gasteiger partial charge in [0.25, 0.3) is 0 Å². The molecule has 1 heterocycles. The van der Waals surface area contributed by atoms with Crippen LogP contribution in [0.4, 0.5) is 0 Å². The molecule has 1 saturated heterocycles. The second-order valence-corrected chi connectivity index (χ2v) is 20.8. The Bertz CT molecular complexity index is 997. The molecule has 1 rings (SSSR count). The predicted octanol–water partition coefficient (Wildman–Crippen LogP) is 15.3. The summed E-state index contributed by atoms with van der Waals surface area (Å²) in [5.41, 5.74) is 0. The van der Waals surface area contributed by atoms with Gasteiger partial charge in [-0.2, -0.15) is 0 Å². The Balaban J connectivity index is 2.11. The van der Waals surface area contributed by atoms with Gasteiger partial charge in [0.15, 0.2) is 6.29 Å². The smallest absolute Gasteiger partial charge is 0.306 e. The Labute approximate surface area is 414 Å². The van der Waals surface area contributed by atoms with Gasteiger partial charge in [-0.15, -0.1) is 0 Å². The Kier molecular flexibility index (Phi) is 48.1. The monoisotopic (exact) mass is 955 g/mol. The molecule has 4 N–H and O–H groups in total. The molecular weight excluding hydrogens is 841 g/mol. The van der Waals surface area contributed by atoms with Crippen molar-refractivity contribution in [2.24, 2.45) is 0 Å². The van der Waals surface area contributed by atoms with Crippen LogP contribution in [0.25, 0.3) is 0 Å². The van der Waals surface area contributed by atoms with Crippen molar-refractivity contribution in [2.45, 2.75) is 340 Å². The lowest BCUT2D eigenvalue weighted by Crippen LogP contribution is -2.59. The zero-order chi connectivity index (χ0) is 48.5. The molecule has 0 spiro atoms. The quantitative estimate of drug-likeness (QED) is 0.0347. The molecule has 0 bridgehead atoms. The minimum atomic E-state index is -1.53. The molecule has 6 atom stereocenters. The van der Waals surface area contributed by atoms with E-state index in [1.54, 1.807) is 0 Å². The van der Waals surface area contributed by atoms with Gasteiger partial charge >= 0.3 is 5.97 Å². The van der Waals surface area contributed by atoms with Gasteiger partial charge in [0.1, 0.15) is 30.5 Å². The van der Waals surface area contributed by atoms with Crippen molar-refractivity contribution in [3.8, 4) is 0 Å². The number of ether oxygens (including phenoxy) is 4. The molecule has 0 saturated carbocycles. The Hall–Kier alpha value is -0.810. The number of carbonyl (C=O) groups is 1. The van der Waals surface area contributed by atoms with Crippen LogP contribution < -0.4 is 0 Å². The number of hydrogen-bond donors (Lipinski definition) is 4. The van der Waals surface area contributed by atoms with Crippen molar-refractivity contribution in [3.63, 3.8) is 0 Å². The summed E-state index contributed by atoms with van der Waals surface area (Å²) in [5.74, 6) is -0.303. The summed E-state index contributed by atoms with van der Waals surface area (Å²) < 4.78 is 23.0. The first-order valence-electron chi connectivity index (χ1n) is 29.6. The van der Waals surface area contributed by atoms with Crippen molar-refractivity contribution in [1.29, 1.82) is 0 Å². The van der Waals surface area contributed by atoms with Crippen molar-refractivity contribution >= 4 is 5.97 Å². The van der Waals surface area contributed by atoms with Gasteiger partial charge in [-0.3, -0.25) is 4.79 Å². The third-order valence-corrected chi connectivity index (χ3v) is 14.3. The van der Waals surface area contributed by atoms with E-state index in [0.717, 1.165) is 32.1 Å². The van der Waals surface area contributed by atoms with Gasteiger partial charge in [0.05, 0.1) is 19.8 Å². The van der Waals surface area contributed by atoms with E-state index in [1.807, 2.05) is 0 Å². The summed E-state index contributed by atoms with van der Waals surface area (Å²) >= 11 is 0. The fraction of sp³-hybridized carbons (Fsp3) is 0.983. The average molecular weight is 956 g/mol. The number of hydrogen-bond acceptors (Lipinski definition) is 9. The molecule has 1 aliphatic rings. The van der Waals surface area contributed by atoms with Crippen molar-refractivity contribution in [3.05, 3.63) is 0 Å². The van der Waals surface area contributed by atoms with Gasteiger partial charge < -0.3 is 39.4 Å². The van der Waals surface area contributed by atoms with Crippen molar-refractivity contribution in [1.82, 2.24) is 0 Å². The summed E-state index contributed by atoms with van der Waals surface area (Å²) in [7, 11) is 0. The Morgan fingerprint density at radius 3 is 1.06 bits per heavy atom. The van der Waals surface area contributed by atoms with Gasteiger partial charge in [0, 0.05) is 13.0 Å². The van der Waals surface area contributed by atoms with Crippen LogP contribution in [0.3, 0.4) is 0 Å². The zero-order valence-electron chi connectivity index (χ0n) is 44.4. The first-order valence-corrected chi connectivity index (χ1v) is 29.6. The highest BCUT2D eigenvalue weighted by molar-refractivity contribution is 5.69. The second kappa shape index (κ2) is 50.1. The predicted molar refractivity (Wildman–Crippen MR) is 280 cm³/mol. The van der Waals surface area contributed by atoms with Crippen LogP contribution in [-0.2, 0) is 23.7 Å². The standard InChI is InChI=1S/C58H114O9/c1-3-5-7-9-11-13-15-17-19-21-23-25-26-27-28-30-32-34-36-38-40-42-44-46-48-64-50-52(51-65-58-57(63)56(62)55(61)53(49-59)67-58)66-54(60)47-45-43-41-39-37-35-33-31-29-24-22-20-18-16-14-12-10-8-6-4-2/h52-53,55-59,61-63H,3-51H2,1-2H3. The van der Waals surface area contributed by atoms with Gasteiger partial charge in [-0.25, -0.2) is 0 Å². The minimum absolute atomic E-state index is 0.104. The fourth-order valence-electron chi connectivity index (χ4n) is 9.67. The molecule has 67 heavy (non-hydrogen) atoms. The summed E-state index contributed by atoms with van der Waals surface area (Å²) in [6, 6.07) is 0. The lowest BCUT2D eigenvalue weighted by Gasteiger charge is -2.39. The van der Waals surface area contributed by atoms with E-state index in [1.165, 1.54) is 250 Å². The maximum atomic E-state index is 12.9. The highest BCUT2D eigenvalue weighted by Crippen LogP contribution is 2.23. The van der Waals surface area contributed by atoms with Crippen LogP contribution in [0.5, 0.6) is 0 Å². The molecule has 0 aromatic rings. The first kappa shape index (κ1) is 64.2. The number of aliphatic hydroxyl groups is 4. The van der Waals surface area contributed by atoms with Crippen molar-refractivity contribution < 1.29 is 44.2 Å². The number of carbonyl (C=O) groups excluding carboxylic acids is 1. The van der Waals surface area contributed by atoms with Gasteiger partial charge in [-0.1, -0.05) is 284 Å². The van der Waals surface area contributed by atoms with Crippen LogP contribution in [0.2, 0.25) is 0 Å². The summed E-state index contributed by atoms with van der Waals surface area (Å²) in [6.07, 6.45) is 51.6. The maximum Gasteiger partial charge on any atom is 0.306 e. The van der Waals surface area contributed by atoms with E-state index in [9.17, 15) is 25.2 Å². The Morgan fingerprint density at radius 1 is 0.418 bits per heavy atom. The maximum absolute atomic E-state index is 12.9. The summed E-state index contributed by atoms with van der Waals surface area (Å²) in [5, 5.41) is 40.4. The average Bonchev–Trinajstić information content (AvgIpc) is 3.33. The van der Waals surface area contributed by atoms with Gasteiger partial charge in [-0.05, 0) is 12.8 Å². The lowest BCUT2D eigenvalue weighted by atomic mass is 9.99. The van der Waals surface area contributed by atoms with E-state index in [0.29, 0.717) is 13.0 Å². The van der Waals surface area contributed by atoms with Crippen LogP contribution in [-0.4, -0.2) is 89.6 Å². The Morgan fingerprint density at radius 2 is 0.731 bits per heavy atom. The summed E-state index contributed by atoms with van der Waals surface area (Å²) in [6.45, 7) is 4.65. The largest absolute Gasteiger partial charge is 0.457 e. The topological polar surface area (TPSA) is 135 Å². The molecular formula is C58H114O9. The molecule has 1 fully saturated rings. The third kappa shape index (κ3) is 40.5. The SMILES string of the molecule is CCCCCCCCCCCCCCCCCCCCCCCCCCOCC(COC1OC(CO)C(O)C(O)C1O)OC(=O)CCCCCCCCCCCCCCCCCCCCCC.